The number of nitrogens with zero attached hydrogens (tertiary/aromatic N) is 2. The predicted octanol–water partition coefficient (Wildman–Crippen LogP) is 3.42. The van der Waals surface area contributed by atoms with Crippen LogP contribution < -0.4 is 5.32 Å². The van der Waals surface area contributed by atoms with Crippen LogP contribution in [0.4, 0.5) is 8.78 Å². The normalized spacial score (nSPS) is 17.3. The van der Waals surface area contributed by atoms with Crippen LogP contribution in [0.5, 0.6) is 0 Å². The molecule has 1 aliphatic rings. The van der Waals surface area contributed by atoms with E-state index in [4.69, 9.17) is 4.42 Å². The van der Waals surface area contributed by atoms with Gasteiger partial charge in [0.15, 0.2) is 11.6 Å². The number of nitrogens with one attached hydrogen (secondary N) is 1. The largest absolute Gasteiger partial charge is 0.441 e. The number of carbonyl (C=O) groups excluding carboxylic acids is 1. The third kappa shape index (κ3) is 3.93. The Morgan fingerprint density at radius 1 is 1.38 bits per heavy atom. The van der Waals surface area contributed by atoms with Gasteiger partial charge in [0.25, 0.3) is 0 Å². The molecule has 140 valence electrons. The van der Waals surface area contributed by atoms with Crippen LogP contribution in [0.1, 0.15) is 38.1 Å². The van der Waals surface area contributed by atoms with E-state index < -0.39 is 11.6 Å². The average molecular weight is 363 g/mol. The number of hydrogen-bond donors (Lipinski definition) is 1. The summed E-state index contributed by atoms with van der Waals surface area (Å²) >= 11 is 0. The number of aromatic nitrogens is 1. The molecule has 1 atom stereocenters. The maximum atomic E-state index is 14.0. The van der Waals surface area contributed by atoms with Gasteiger partial charge in [-0.3, -0.25) is 9.69 Å². The number of rotatable bonds is 6. The molecule has 1 aliphatic heterocycles. The fourth-order valence-electron chi connectivity index (χ4n) is 3.11. The molecule has 0 spiro atoms. The van der Waals surface area contributed by atoms with Crippen molar-refractivity contribution >= 4 is 5.91 Å². The lowest BCUT2D eigenvalue weighted by Gasteiger charge is -2.28. The van der Waals surface area contributed by atoms with Gasteiger partial charge in [-0.05, 0) is 39.3 Å². The van der Waals surface area contributed by atoms with E-state index in [2.05, 4.69) is 29.0 Å². The molecule has 7 heteroatoms. The maximum Gasteiger partial charge on any atom is 0.229 e. The Morgan fingerprint density at radius 2 is 2.15 bits per heavy atom. The molecule has 0 saturated carbocycles. The first-order valence-electron chi connectivity index (χ1n) is 8.79. The first-order valence-corrected chi connectivity index (χ1v) is 8.79. The van der Waals surface area contributed by atoms with E-state index in [-0.39, 0.29) is 29.4 Å². The van der Waals surface area contributed by atoms with Gasteiger partial charge in [0.2, 0.25) is 11.8 Å². The second kappa shape index (κ2) is 7.53. The zero-order valence-electron chi connectivity index (χ0n) is 15.2. The van der Waals surface area contributed by atoms with Crippen molar-refractivity contribution in [3.05, 3.63) is 41.3 Å². The number of amides is 1. The summed E-state index contributed by atoms with van der Waals surface area (Å²) in [6, 6.07) is 4.29. The van der Waals surface area contributed by atoms with E-state index in [9.17, 15) is 13.6 Å². The smallest absolute Gasteiger partial charge is 0.229 e. The first-order chi connectivity index (χ1) is 12.3. The van der Waals surface area contributed by atoms with Crippen LogP contribution >= 0.6 is 0 Å². The summed E-state index contributed by atoms with van der Waals surface area (Å²) in [5.74, 6) is -1.16. The minimum Gasteiger partial charge on any atom is -0.441 e. The van der Waals surface area contributed by atoms with Crippen LogP contribution in [-0.4, -0.2) is 34.4 Å². The summed E-state index contributed by atoms with van der Waals surface area (Å²) in [5.41, 5.74) is 0.695. The molecule has 0 bridgehead atoms. The van der Waals surface area contributed by atoms with Crippen molar-refractivity contribution in [1.29, 1.82) is 0 Å². The fraction of sp³-hybridized carbons (Fsp3) is 0.474. The molecule has 26 heavy (non-hydrogen) atoms. The molecular weight excluding hydrogens is 340 g/mol. The van der Waals surface area contributed by atoms with E-state index in [0.29, 0.717) is 31.0 Å². The zero-order chi connectivity index (χ0) is 18.8. The topological polar surface area (TPSA) is 58.4 Å². The Hall–Kier alpha value is -2.28. The van der Waals surface area contributed by atoms with Crippen LogP contribution in [0.3, 0.4) is 0 Å². The quantitative estimate of drug-likeness (QED) is 0.854. The van der Waals surface area contributed by atoms with Crippen LogP contribution in [-0.2, 0) is 11.3 Å². The number of carbonyl (C=O) groups is 1. The van der Waals surface area contributed by atoms with Gasteiger partial charge in [0.05, 0.1) is 11.3 Å². The van der Waals surface area contributed by atoms with Crippen molar-refractivity contribution in [3.63, 3.8) is 0 Å². The Bertz CT molecular complexity index is 804. The molecule has 1 aromatic heterocycles. The summed E-state index contributed by atoms with van der Waals surface area (Å²) in [6.07, 6.45) is 1.38. The van der Waals surface area contributed by atoms with Crippen molar-refractivity contribution in [2.45, 2.75) is 52.2 Å². The third-order valence-corrected chi connectivity index (χ3v) is 4.70. The standard InChI is InChI=1S/C19H23F2N3O2/c1-11(2)24(9-13-7-8-17(25)22-13)10-16-12(3)26-19(23-16)14-5-4-6-15(20)18(14)21/h4-6,11,13H,7-10H2,1-3H3,(H,22,25)/t13-/m0/s1. The molecule has 3 rings (SSSR count). The van der Waals surface area contributed by atoms with E-state index >= 15 is 0 Å². The summed E-state index contributed by atoms with van der Waals surface area (Å²) in [6.45, 7) is 7.12. The summed E-state index contributed by atoms with van der Waals surface area (Å²) in [7, 11) is 0. The highest BCUT2D eigenvalue weighted by molar-refractivity contribution is 5.78. The van der Waals surface area contributed by atoms with Crippen LogP contribution in [0.2, 0.25) is 0 Å². The molecule has 2 aromatic rings. The molecule has 1 aromatic carbocycles. The Balaban J connectivity index is 1.79. The van der Waals surface area contributed by atoms with Crippen LogP contribution in [0.15, 0.2) is 22.6 Å². The number of aryl methyl sites for hydroxylation is 1. The van der Waals surface area contributed by atoms with Crippen molar-refractivity contribution in [2.24, 2.45) is 0 Å². The van der Waals surface area contributed by atoms with Crippen LogP contribution in [0, 0.1) is 18.6 Å². The minimum atomic E-state index is -0.963. The van der Waals surface area contributed by atoms with Crippen molar-refractivity contribution in [3.8, 4) is 11.5 Å². The summed E-state index contributed by atoms with van der Waals surface area (Å²) < 4.78 is 33.1. The number of hydrogen-bond acceptors (Lipinski definition) is 4. The van der Waals surface area contributed by atoms with Gasteiger partial charge in [-0.15, -0.1) is 0 Å². The Labute approximate surface area is 151 Å². The van der Waals surface area contributed by atoms with Gasteiger partial charge in [-0.1, -0.05) is 6.07 Å². The lowest BCUT2D eigenvalue weighted by Crippen LogP contribution is -2.41. The maximum absolute atomic E-state index is 14.0. The molecule has 1 N–H and O–H groups in total. The van der Waals surface area contributed by atoms with E-state index in [1.807, 2.05) is 0 Å². The molecule has 2 heterocycles. The molecule has 0 aliphatic carbocycles. The van der Waals surface area contributed by atoms with Gasteiger partial charge in [-0.25, -0.2) is 13.8 Å². The lowest BCUT2D eigenvalue weighted by atomic mass is 10.1. The highest BCUT2D eigenvalue weighted by Crippen LogP contribution is 2.26. The Morgan fingerprint density at radius 3 is 2.81 bits per heavy atom. The first kappa shape index (κ1) is 18.5. The summed E-state index contributed by atoms with van der Waals surface area (Å²) in [4.78, 5) is 18.0. The van der Waals surface area contributed by atoms with Crippen molar-refractivity contribution < 1.29 is 18.0 Å². The molecule has 1 saturated heterocycles. The molecule has 5 nitrogen and oxygen atoms in total. The number of oxazole rings is 1. The molecular formula is C19H23F2N3O2. The van der Waals surface area contributed by atoms with Gasteiger partial charge in [0, 0.05) is 31.6 Å². The highest BCUT2D eigenvalue weighted by atomic mass is 19.2. The number of benzene rings is 1. The van der Waals surface area contributed by atoms with Gasteiger partial charge in [0.1, 0.15) is 5.76 Å². The zero-order valence-corrected chi connectivity index (χ0v) is 15.2. The monoisotopic (exact) mass is 363 g/mol. The van der Waals surface area contributed by atoms with Crippen molar-refractivity contribution in [1.82, 2.24) is 15.2 Å². The van der Waals surface area contributed by atoms with Gasteiger partial charge < -0.3 is 9.73 Å². The molecule has 0 radical (unpaired) electrons. The SMILES string of the molecule is Cc1oc(-c2cccc(F)c2F)nc1CN(C[C@@H]1CCC(=O)N1)C(C)C. The lowest BCUT2D eigenvalue weighted by molar-refractivity contribution is -0.119. The molecule has 1 amide bonds. The molecule has 0 unspecified atom stereocenters. The average Bonchev–Trinajstić information content (AvgIpc) is 3.15. The van der Waals surface area contributed by atoms with Crippen molar-refractivity contribution in [2.75, 3.05) is 6.54 Å². The van der Waals surface area contributed by atoms with E-state index in [0.717, 1.165) is 12.5 Å². The second-order valence-electron chi connectivity index (χ2n) is 6.95. The van der Waals surface area contributed by atoms with Gasteiger partial charge in [-0.2, -0.15) is 0 Å². The minimum absolute atomic E-state index is 0.0125. The Kier molecular flexibility index (Phi) is 5.36. The second-order valence-corrected chi connectivity index (χ2v) is 6.95. The predicted molar refractivity (Wildman–Crippen MR) is 93.3 cm³/mol. The van der Waals surface area contributed by atoms with E-state index in [1.54, 1.807) is 6.92 Å². The fourth-order valence-corrected chi connectivity index (χ4v) is 3.11. The van der Waals surface area contributed by atoms with Crippen LogP contribution in [0.25, 0.3) is 11.5 Å². The highest BCUT2D eigenvalue weighted by Gasteiger charge is 2.26. The number of halogens is 2. The third-order valence-electron chi connectivity index (χ3n) is 4.70. The van der Waals surface area contributed by atoms with E-state index in [1.165, 1.54) is 12.1 Å². The molecule has 1 fully saturated rings. The van der Waals surface area contributed by atoms with Gasteiger partial charge >= 0.3 is 0 Å². The summed E-state index contributed by atoms with van der Waals surface area (Å²) in [5, 5.41) is 2.97.